The summed E-state index contributed by atoms with van der Waals surface area (Å²) in [5, 5.41) is 0. The standard InChI is InChI=1S/C10H9Cl3O3/c11-10(12,13)7-16-9(14)6-15-8-4-2-1-3-5-8/h1-5H,6-7H2. The molecule has 0 saturated carbocycles. The molecular weight excluding hydrogens is 274 g/mol. The first-order valence-corrected chi connectivity index (χ1v) is 5.51. The highest BCUT2D eigenvalue weighted by Gasteiger charge is 2.22. The minimum Gasteiger partial charge on any atom is -0.482 e. The van der Waals surface area contributed by atoms with Crippen molar-refractivity contribution in [1.29, 1.82) is 0 Å². The van der Waals surface area contributed by atoms with E-state index in [1.54, 1.807) is 24.3 Å². The van der Waals surface area contributed by atoms with Gasteiger partial charge in [-0.3, -0.25) is 0 Å². The van der Waals surface area contributed by atoms with Crippen LogP contribution in [-0.2, 0) is 9.53 Å². The van der Waals surface area contributed by atoms with E-state index in [1.165, 1.54) is 0 Å². The van der Waals surface area contributed by atoms with Gasteiger partial charge in [0.25, 0.3) is 0 Å². The first kappa shape index (κ1) is 13.4. The third kappa shape index (κ3) is 6.05. The Balaban J connectivity index is 2.26. The fourth-order valence-corrected chi connectivity index (χ4v) is 1.03. The average molecular weight is 284 g/mol. The predicted octanol–water partition coefficient (Wildman–Crippen LogP) is 2.98. The third-order valence-corrected chi connectivity index (χ3v) is 1.82. The first-order valence-electron chi connectivity index (χ1n) is 4.37. The topological polar surface area (TPSA) is 35.5 Å². The molecule has 0 heterocycles. The molecule has 0 unspecified atom stereocenters. The molecule has 0 spiro atoms. The second-order valence-electron chi connectivity index (χ2n) is 2.88. The Hall–Kier alpha value is -0.640. The monoisotopic (exact) mass is 282 g/mol. The molecule has 16 heavy (non-hydrogen) atoms. The molecule has 0 amide bonds. The van der Waals surface area contributed by atoms with Crippen LogP contribution in [0.5, 0.6) is 5.75 Å². The number of halogens is 3. The van der Waals surface area contributed by atoms with Crippen LogP contribution in [0.3, 0.4) is 0 Å². The van der Waals surface area contributed by atoms with Crippen molar-refractivity contribution in [2.24, 2.45) is 0 Å². The van der Waals surface area contributed by atoms with Gasteiger partial charge in [-0.1, -0.05) is 53.0 Å². The molecule has 0 bridgehead atoms. The SMILES string of the molecule is O=C(COc1ccccc1)OCC(Cl)(Cl)Cl. The number of ether oxygens (including phenoxy) is 2. The fraction of sp³-hybridized carbons (Fsp3) is 0.300. The van der Waals surface area contributed by atoms with Gasteiger partial charge in [0, 0.05) is 0 Å². The molecule has 0 atom stereocenters. The van der Waals surface area contributed by atoms with E-state index < -0.39 is 9.76 Å². The Morgan fingerprint density at radius 3 is 2.38 bits per heavy atom. The second-order valence-corrected chi connectivity index (χ2v) is 5.39. The van der Waals surface area contributed by atoms with Crippen LogP contribution < -0.4 is 4.74 Å². The van der Waals surface area contributed by atoms with Crippen molar-refractivity contribution in [2.75, 3.05) is 13.2 Å². The molecule has 1 rings (SSSR count). The van der Waals surface area contributed by atoms with E-state index in [9.17, 15) is 4.79 Å². The Morgan fingerprint density at radius 1 is 1.19 bits per heavy atom. The zero-order valence-corrected chi connectivity index (χ0v) is 10.4. The van der Waals surface area contributed by atoms with E-state index in [-0.39, 0.29) is 13.2 Å². The van der Waals surface area contributed by atoms with Gasteiger partial charge in [-0.2, -0.15) is 0 Å². The average Bonchev–Trinajstić information content (AvgIpc) is 2.24. The molecule has 0 saturated heterocycles. The summed E-state index contributed by atoms with van der Waals surface area (Å²) in [5.74, 6) is -0.0106. The molecule has 0 N–H and O–H groups in total. The molecule has 1 aromatic rings. The zero-order chi connectivity index (χ0) is 12.0. The van der Waals surface area contributed by atoms with Crippen LogP contribution in [0.25, 0.3) is 0 Å². The molecule has 3 nitrogen and oxygen atoms in total. The third-order valence-electron chi connectivity index (χ3n) is 1.50. The number of alkyl halides is 3. The van der Waals surface area contributed by atoms with Crippen LogP contribution in [0, 0.1) is 0 Å². The van der Waals surface area contributed by atoms with E-state index >= 15 is 0 Å². The number of hydrogen-bond donors (Lipinski definition) is 0. The summed E-state index contributed by atoms with van der Waals surface area (Å²) in [6.07, 6.45) is 0. The molecular formula is C10H9Cl3O3. The summed E-state index contributed by atoms with van der Waals surface area (Å²) in [6.45, 7) is -0.514. The number of para-hydroxylation sites is 1. The molecule has 1 aromatic carbocycles. The highest BCUT2D eigenvalue weighted by molar-refractivity contribution is 6.67. The summed E-state index contributed by atoms with van der Waals surface area (Å²) in [6, 6.07) is 8.88. The Bertz CT molecular complexity index is 335. The van der Waals surface area contributed by atoms with E-state index in [0.29, 0.717) is 5.75 Å². The lowest BCUT2D eigenvalue weighted by molar-refractivity contribution is -0.145. The highest BCUT2D eigenvalue weighted by atomic mass is 35.6. The van der Waals surface area contributed by atoms with Crippen LogP contribution in [0.4, 0.5) is 0 Å². The summed E-state index contributed by atoms with van der Waals surface area (Å²) < 4.78 is 8.20. The number of carbonyl (C=O) groups is 1. The van der Waals surface area contributed by atoms with Crippen molar-refractivity contribution < 1.29 is 14.3 Å². The van der Waals surface area contributed by atoms with Crippen molar-refractivity contribution in [2.45, 2.75) is 3.79 Å². The van der Waals surface area contributed by atoms with Crippen molar-refractivity contribution in [3.63, 3.8) is 0 Å². The Labute approximate surface area is 108 Å². The van der Waals surface area contributed by atoms with Crippen LogP contribution in [0.15, 0.2) is 30.3 Å². The lowest BCUT2D eigenvalue weighted by Gasteiger charge is -2.11. The van der Waals surface area contributed by atoms with E-state index in [4.69, 9.17) is 39.5 Å². The highest BCUT2D eigenvalue weighted by Crippen LogP contribution is 2.25. The maximum atomic E-state index is 11.1. The number of hydrogen-bond acceptors (Lipinski definition) is 3. The van der Waals surface area contributed by atoms with Gasteiger partial charge in [0.1, 0.15) is 12.4 Å². The van der Waals surface area contributed by atoms with Gasteiger partial charge in [-0.25, -0.2) is 4.79 Å². The van der Waals surface area contributed by atoms with Crippen LogP contribution >= 0.6 is 34.8 Å². The van der Waals surface area contributed by atoms with E-state index in [0.717, 1.165) is 0 Å². The summed E-state index contributed by atoms with van der Waals surface area (Å²) >= 11 is 16.2. The van der Waals surface area contributed by atoms with Gasteiger partial charge in [0.2, 0.25) is 3.79 Å². The molecule has 0 aliphatic heterocycles. The molecule has 6 heteroatoms. The first-order chi connectivity index (χ1) is 7.47. The number of carbonyl (C=O) groups excluding carboxylic acids is 1. The Kier molecular flexibility index (Phi) is 5.19. The number of esters is 1. The van der Waals surface area contributed by atoms with E-state index in [1.807, 2.05) is 6.07 Å². The quantitative estimate of drug-likeness (QED) is 0.629. The Morgan fingerprint density at radius 2 is 1.81 bits per heavy atom. The van der Waals surface area contributed by atoms with Gasteiger partial charge in [-0.05, 0) is 12.1 Å². The number of rotatable bonds is 4. The van der Waals surface area contributed by atoms with Crippen LogP contribution in [0.1, 0.15) is 0 Å². The number of benzene rings is 1. The van der Waals surface area contributed by atoms with Gasteiger partial charge in [-0.15, -0.1) is 0 Å². The molecule has 0 radical (unpaired) electrons. The largest absolute Gasteiger partial charge is 0.482 e. The van der Waals surface area contributed by atoms with Crippen molar-refractivity contribution in [3.05, 3.63) is 30.3 Å². The molecule has 0 aromatic heterocycles. The van der Waals surface area contributed by atoms with Gasteiger partial charge in [0.15, 0.2) is 6.61 Å². The molecule has 0 aliphatic carbocycles. The fourth-order valence-electron chi connectivity index (χ4n) is 0.863. The van der Waals surface area contributed by atoms with Crippen LogP contribution in [0.2, 0.25) is 0 Å². The van der Waals surface area contributed by atoms with Crippen molar-refractivity contribution in [1.82, 2.24) is 0 Å². The second kappa shape index (κ2) is 6.18. The minimum absolute atomic E-state index is 0.218. The van der Waals surface area contributed by atoms with Crippen LogP contribution in [-0.4, -0.2) is 23.0 Å². The van der Waals surface area contributed by atoms with Gasteiger partial charge < -0.3 is 9.47 Å². The van der Waals surface area contributed by atoms with Crippen molar-refractivity contribution >= 4 is 40.8 Å². The molecule has 0 aliphatic rings. The van der Waals surface area contributed by atoms with Gasteiger partial charge >= 0.3 is 5.97 Å². The maximum Gasteiger partial charge on any atom is 0.344 e. The molecule has 0 fully saturated rings. The molecule has 88 valence electrons. The summed E-state index contributed by atoms with van der Waals surface area (Å²) in [7, 11) is 0. The summed E-state index contributed by atoms with van der Waals surface area (Å²) in [4.78, 5) is 11.1. The van der Waals surface area contributed by atoms with Crippen molar-refractivity contribution in [3.8, 4) is 5.75 Å². The van der Waals surface area contributed by atoms with Gasteiger partial charge in [0.05, 0.1) is 0 Å². The maximum absolute atomic E-state index is 11.1. The minimum atomic E-state index is -1.59. The lowest BCUT2D eigenvalue weighted by Crippen LogP contribution is -2.21. The predicted molar refractivity (Wildman–Crippen MR) is 63.2 cm³/mol. The lowest BCUT2D eigenvalue weighted by atomic mass is 10.3. The zero-order valence-electron chi connectivity index (χ0n) is 8.16. The smallest absolute Gasteiger partial charge is 0.344 e. The summed E-state index contributed by atoms with van der Waals surface area (Å²) in [5.41, 5.74) is 0. The van der Waals surface area contributed by atoms with E-state index in [2.05, 4.69) is 4.74 Å². The normalized spacial score (nSPS) is 10.9.